The van der Waals surface area contributed by atoms with Crippen LogP contribution in [0.3, 0.4) is 0 Å². The van der Waals surface area contributed by atoms with Crippen LogP contribution in [0.15, 0.2) is 0 Å². The summed E-state index contributed by atoms with van der Waals surface area (Å²) >= 11 is 0. The first-order valence-corrected chi connectivity index (χ1v) is 8.38. The average molecular weight is 297 g/mol. The fourth-order valence-corrected chi connectivity index (χ4v) is 3.23. The summed E-state index contributed by atoms with van der Waals surface area (Å²) in [7, 11) is 0. The lowest BCUT2D eigenvalue weighted by Crippen LogP contribution is -2.54. The summed E-state index contributed by atoms with van der Waals surface area (Å²) in [6, 6.07) is 0. The summed E-state index contributed by atoms with van der Waals surface area (Å²) in [6.07, 6.45) is 4.15. The molecule has 0 unspecified atom stereocenters. The molecule has 2 aliphatic heterocycles. The lowest BCUT2D eigenvalue weighted by molar-refractivity contribution is -0.121. The largest absolute Gasteiger partial charge is 0.378 e. The van der Waals surface area contributed by atoms with Crippen molar-refractivity contribution in [2.75, 3.05) is 45.9 Å². The maximum absolute atomic E-state index is 11.9. The molecule has 0 saturated carbocycles. The summed E-state index contributed by atoms with van der Waals surface area (Å²) in [4.78, 5) is 14.3. The van der Waals surface area contributed by atoms with Crippen molar-refractivity contribution in [3.05, 3.63) is 0 Å². The van der Waals surface area contributed by atoms with E-state index in [2.05, 4.69) is 29.4 Å². The number of nitrogens with zero attached hydrogens (tertiary/aromatic N) is 1. The van der Waals surface area contributed by atoms with Crippen LogP contribution in [-0.4, -0.2) is 62.3 Å². The molecule has 0 aliphatic carbocycles. The van der Waals surface area contributed by atoms with Crippen molar-refractivity contribution in [2.45, 2.75) is 45.1 Å². The van der Waals surface area contributed by atoms with Gasteiger partial charge in [-0.2, -0.15) is 0 Å². The summed E-state index contributed by atoms with van der Waals surface area (Å²) in [5.74, 6) is 0.940. The molecule has 21 heavy (non-hydrogen) atoms. The maximum atomic E-state index is 11.9. The molecule has 5 nitrogen and oxygen atoms in total. The molecule has 0 bridgehead atoms. The number of nitrogens with one attached hydrogen (secondary N) is 2. The predicted molar refractivity (Wildman–Crippen MR) is 84.3 cm³/mol. The Morgan fingerprint density at radius 3 is 2.86 bits per heavy atom. The lowest BCUT2D eigenvalue weighted by Gasteiger charge is -2.42. The molecular weight excluding hydrogens is 266 g/mol. The van der Waals surface area contributed by atoms with Gasteiger partial charge < -0.3 is 15.4 Å². The first-order valence-electron chi connectivity index (χ1n) is 8.38. The Morgan fingerprint density at radius 1 is 1.38 bits per heavy atom. The van der Waals surface area contributed by atoms with E-state index in [4.69, 9.17) is 4.74 Å². The number of ether oxygens (including phenoxy) is 1. The lowest BCUT2D eigenvalue weighted by atomic mass is 9.93. The molecule has 2 saturated heterocycles. The Hall–Kier alpha value is -0.650. The van der Waals surface area contributed by atoms with E-state index >= 15 is 0 Å². The Balaban J connectivity index is 1.58. The molecule has 0 radical (unpaired) electrons. The highest BCUT2D eigenvalue weighted by atomic mass is 16.5. The molecule has 5 heteroatoms. The first kappa shape index (κ1) is 16.7. The van der Waals surface area contributed by atoms with Crippen LogP contribution in [0.1, 0.15) is 39.5 Å². The Labute approximate surface area is 128 Å². The molecular formula is C16H31N3O2. The van der Waals surface area contributed by atoms with Gasteiger partial charge in [-0.25, -0.2) is 0 Å². The number of hydrogen-bond donors (Lipinski definition) is 2. The third-order valence-corrected chi connectivity index (χ3v) is 4.76. The van der Waals surface area contributed by atoms with E-state index in [-0.39, 0.29) is 11.4 Å². The monoisotopic (exact) mass is 297 g/mol. The van der Waals surface area contributed by atoms with Crippen molar-refractivity contribution in [2.24, 2.45) is 5.92 Å². The van der Waals surface area contributed by atoms with Gasteiger partial charge in [-0.05, 0) is 52.1 Å². The van der Waals surface area contributed by atoms with Crippen LogP contribution in [0.2, 0.25) is 0 Å². The van der Waals surface area contributed by atoms with Crippen LogP contribution < -0.4 is 10.6 Å². The van der Waals surface area contributed by atoms with Crippen LogP contribution in [0.4, 0.5) is 0 Å². The van der Waals surface area contributed by atoms with E-state index in [0.717, 1.165) is 58.3 Å². The molecule has 2 fully saturated rings. The second-order valence-corrected chi connectivity index (χ2v) is 6.93. The molecule has 2 aliphatic rings. The highest BCUT2D eigenvalue weighted by Gasteiger charge is 2.29. The summed E-state index contributed by atoms with van der Waals surface area (Å²) < 4.78 is 5.51. The van der Waals surface area contributed by atoms with Crippen molar-refractivity contribution in [3.63, 3.8) is 0 Å². The Kier molecular flexibility index (Phi) is 6.45. The minimum Gasteiger partial charge on any atom is -0.378 e. The number of carbonyl (C=O) groups is 1. The fourth-order valence-electron chi connectivity index (χ4n) is 3.23. The van der Waals surface area contributed by atoms with Gasteiger partial charge in [0.1, 0.15) is 0 Å². The number of piperidine rings is 1. The van der Waals surface area contributed by atoms with E-state index in [1.165, 1.54) is 12.8 Å². The van der Waals surface area contributed by atoms with Gasteiger partial charge in [-0.1, -0.05) is 0 Å². The van der Waals surface area contributed by atoms with Crippen molar-refractivity contribution in [1.29, 1.82) is 0 Å². The molecule has 2 heterocycles. The zero-order valence-corrected chi connectivity index (χ0v) is 13.6. The standard InChI is InChI=1S/C16H31N3O2/c1-16(2)13-21-12-11-19(16)10-9-18-15(20)4-3-14-5-7-17-8-6-14/h14,17H,3-13H2,1-2H3,(H,18,20). The van der Waals surface area contributed by atoms with Crippen molar-refractivity contribution in [3.8, 4) is 0 Å². The van der Waals surface area contributed by atoms with Crippen molar-refractivity contribution in [1.82, 2.24) is 15.5 Å². The Bertz CT molecular complexity index is 327. The van der Waals surface area contributed by atoms with E-state index in [1.54, 1.807) is 0 Å². The zero-order chi connectivity index (χ0) is 15.1. The molecule has 0 atom stereocenters. The number of hydrogen-bond acceptors (Lipinski definition) is 4. The minimum atomic E-state index is 0.0814. The average Bonchev–Trinajstić information content (AvgIpc) is 2.48. The number of morpholine rings is 1. The van der Waals surface area contributed by atoms with Crippen LogP contribution in [0, 0.1) is 5.92 Å². The number of rotatable bonds is 6. The topological polar surface area (TPSA) is 53.6 Å². The van der Waals surface area contributed by atoms with Crippen molar-refractivity contribution >= 4 is 5.91 Å². The first-order chi connectivity index (χ1) is 10.1. The molecule has 0 aromatic carbocycles. The minimum absolute atomic E-state index is 0.0814. The van der Waals surface area contributed by atoms with Crippen LogP contribution in [0.25, 0.3) is 0 Å². The molecule has 2 rings (SSSR count). The molecule has 0 spiro atoms. The van der Waals surface area contributed by atoms with Gasteiger partial charge in [0.25, 0.3) is 0 Å². The molecule has 122 valence electrons. The van der Waals surface area contributed by atoms with Crippen LogP contribution >= 0.6 is 0 Å². The van der Waals surface area contributed by atoms with Crippen LogP contribution in [0.5, 0.6) is 0 Å². The molecule has 1 amide bonds. The summed E-state index contributed by atoms with van der Waals surface area (Å²) in [6.45, 7) is 10.8. The maximum Gasteiger partial charge on any atom is 0.220 e. The van der Waals surface area contributed by atoms with Gasteiger partial charge in [-0.3, -0.25) is 9.69 Å². The second-order valence-electron chi connectivity index (χ2n) is 6.93. The zero-order valence-electron chi connectivity index (χ0n) is 13.6. The third-order valence-electron chi connectivity index (χ3n) is 4.76. The number of amides is 1. The van der Waals surface area contributed by atoms with E-state index < -0.39 is 0 Å². The summed E-state index contributed by atoms with van der Waals surface area (Å²) in [5, 5.41) is 6.43. The smallest absolute Gasteiger partial charge is 0.220 e. The molecule has 0 aromatic rings. The van der Waals surface area contributed by atoms with E-state index in [0.29, 0.717) is 6.42 Å². The van der Waals surface area contributed by atoms with Crippen molar-refractivity contribution < 1.29 is 9.53 Å². The Morgan fingerprint density at radius 2 is 2.14 bits per heavy atom. The van der Waals surface area contributed by atoms with Gasteiger partial charge in [0.15, 0.2) is 0 Å². The fraction of sp³-hybridized carbons (Fsp3) is 0.938. The van der Waals surface area contributed by atoms with Gasteiger partial charge in [0.2, 0.25) is 5.91 Å². The third kappa shape index (κ3) is 5.57. The number of carbonyl (C=O) groups excluding carboxylic acids is 1. The van der Waals surface area contributed by atoms with Gasteiger partial charge >= 0.3 is 0 Å². The molecule has 2 N–H and O–H groups in total. The second kappa shape index (κ2) is 8.11. The quantitative estimate of drug-likeness (QED) is 0.768. The SMILES string of the molecule is CC1(C)COCCN1CCNC(=O)CCC1CCNCC1. The summed E-state index contributed by atoms with van der Waals surface area (Å²) in [5.41, 5.74) is 0.0814. The van der Waals surface area contributed by atoms with Gasteiger partial charge in [0.05, 0.1) is 13.2 Å². The van der Waals surface area contributed by atoms with E-state index in [9.17, 15) is 4.79 Å². The normalized spacial score (nSPS) is 23.9. The highest BCUT2D eigenvalue weighted by molar-refractivity contribution is 5.75. The van der Waals surface area contributed by atoms with Crippen LogP contribution in [-0.2, 0) is 9.53 Å². The molecule has 0 aromatic heterocycles. The predicted octanol–water partition coefficient (Wildman–Crippen LogP) is 0.993. The highest BCUT2D eigenvalue weighted by Crippen LogP contribution is 2.18. The van der Waals surface area contributed by atoms with E-state index in [1.807, 2.05) is 0 Å². The van der Waals surface area contributed by atoms with Gasteiger partial charge in [-0.15, -0.1) is 0 Å². The van der Waals surface area contributed by atoms with Gasteiger partial charge in [0, 0.05) is 31.6 Å².